The van der Waals surface area contributed by atoms with Crippen molar-refractivity contribution in [1.29, 1.82) is 0 Å². The second kappa shape index (κ2) is 8.10. The van der Waals surface area contributed by atoms with E-state index in [1.807, 2.05) is 59.5 Å². The second-order valence-electron chi connectivity index (χ2n) is 7.00. The summed E-state index contributed by atoms with van der Waals surface area (Å²) in [5, 5.41) is 0. The summed E-state index contributed by atoms with van der Waals surface area (Å²) >= 11 is 0. The summed E-state index contributed by atoms with van der Waals surface area (Å²) in [5.74, 6) is -0.635. The molecule has 0 spiro atoms. The molecular weight excluding hydrogens is 362 g/mol. The number of aliphatic imine (C=N–C) groups is 1. The first kappa shape index (κ1) is 18.6. The molecule has 0 aliphatic carbocycles. The summed E-state index contributed by atoms with van der Waals surface area (Å²) in [6, 6.07) is 24.7. The zero-order chi connectivity index (χ0) is 20.2. The molecule has 1 heterocycles. The lowest BCUT2D eigenvalue weighted by Gasteiger charge is -2.22. The van der Waals surface area contributed by atoms with E-state index in [2.05, 4.69) is 17.1 Å². The summed E-state index contributed by atoms with van der Waals surface area (Å²) in [7, 11) is 0. The van der Waals surface area contributed by atoms with E-state index >= 15 is 0 Å². The minimum atomic E-state index is -0.513. The molecule has 29 heavy (non-hydrogen) atoms. The average Bonchev–Trinajstić information content (AvgIpc) is 2.89. The molecule has 0 aromatic heterocycles. The quantitative estimate of drug-likeness (QED) is 0.732. The Balaban J connectivity index is 1.73. The van der Waals surface area contributed by atoms with Crippen LogP contribution in [0.4, 0.5) is 5.69 Å². The number of nitrogens with two attached hydrogens (primary N) is 1. The summed E-state index contributed by atoms with van der Waals surface area (Å²) in [6.45, 7) is 1.01. The van der Waals surface area contributed by atoms with E-state index in [1.165, 1.54) is 5.56 Å². The van der Waals surface area contributed by atoms with Crippen molar-refractivity contribution in [2.75, 3.05) is 6.54 Å². The summed E-state index contributed by atoms with van der Waals surface area (Å²) < 4.78 is 0. The van der Waals surface area contributed by atoms with Gasteiger partial charge in [-0.2, -0.15) is 0 Å². The molecule has 2 amide bonds. The van der Waals surface area contributed by atoms with Gasteiger partial charge in [0.25, 0.3) is 5.91 Å². The van der Waals surface area contributed by atoms with Crippen LogP contribution in [0.5, 0.6) is 0 Å². The Morgan fingerprint density at radius 1 is 0.966 bits per heavy atom. The standard InChI is InChI=1S/C24H21N3O2/c25-23(28)19-11-12-20-16-27(14-13-17-7-3-1-4-8-17)24(29)22(26-21(20)15-19)18-9-5-2-6-10-18/h1-12,15H,13-14,16H2,(H2,25,28). The van der Waals surface area contributed by atoms with Gasteiger partial charge in [-0.15, -0.1) is 0 Å². The van der Waals surface area contributed by atoms with Gasteiger partial charge in [0, 0.05) is 24.2 Å². The van der Waals surface area contributed by atoms with Crippen LogP contribution >= 0.6 is 0 Å². The van der Waals surface area contributed by atoms with E-state index in [0.29, 0.717) is 30.1 Å². The van der Waals surface area contributed by atoms with Crippen molar-refractivity contribution in [3.05, 3.63) is 101 Å². The van der Waals surface area contributed by atoms with Gasteiger partial charge in [-0.3, -0.25) is 9.59 Å². The number of carbonyl (C=O) groups excluding carboxylic acids is 2. The van der Waals surface area contributed by atoms with E-state index in [4.69, 9.17) is 5.73 Å². The van der Waals surface area contributed by atoms with Crippen LogP contribution in [0.1, 0.15) is 27.0 Å². The molecule has 4 rings (SSSR count). The van der Waals surface area contributed by atoms with E-state index in [-0.39, 0.29) is 5.91 Å². The van der Waals surface area contributed by atoms with Gasteiger partial charge in [-0.25, -0.2) is 4.99 Å². The maximum Gasteiger partial charge on any atom is 0.273 e. The van der Waals surface area contributed by atoms with E-state index in [1.54, 1.807) is 12.1 Å². The number of amides is 2. The fourth-order valence-corrected chi connectivity index (χ4v) is 3.42. The van der Waals surface area contributed by atoms with Crippen LogP contribution in [-0.2, 0) is 17.8 Å². The SMILES string of the molecule is NC(=O)c1ccc2c(c1)N=C(c1ccccc1)C(=O)N(CCc1ccccc1)C2. The van der Waals surface area contributed by atoms with Crippen molar-refractivity contribution in [3.8, 4) is 0 Å². The summed E-state index contributed by atoms with van der Waals surface area (Å²) in [5.41, 5.74) is 9.61. The molecule has 0 unspecified atom stereocenters. The zero-order valence-corrected chi connectivity index (χ0v) is 15.9. The third-order valence-electron chi connectivity index (χ3n) is 5.01. The number of rotatable bonds is 5. The van der Waals surface area contributed by atoms with E-state index < -0.39 is 5.91 Å². The summed E-state index contributed by atoms with van der Waals surface area (Å²) in [4.78, 5) is 31.4. The van der Waals surface area contributed by atoms with Gasteiger partial charge in [-0.1, -0.05) is 66.7 Å². The molecule has 0 fully saturated rings. The smallest absolute Gasteiger partial charge is 0.273 e. The highest BCUT2D eigenvalue weighted by Gasteiger charge is 2.26. The van der Waals surface area contributed by atoms with Crippen LogP contribution in [0.15, 0.2) is 83.9 Å². The van der Waals surface area contributed by atoms with Crippen molar-refractivity contribution in [2.24, 2.45) is 10.7 Å². The van der Waals surface area contributed by atoms with Crippen molar-refractivity contribution in [3.63, 3.8) is 0 Å². The van der Waals surface area contributed by atoms with Gasteiger partial charge in [0.05, 0.1) is 5.69 Å². The fourth-order valence-electron chi connectivity index (χ4n) is 3.42. The lowest BCUT2D eigenvalue weighted by atomic mass is 10.1. The predicted molar refractivity (Wildman–Crippen MR) is 113 cm³/mol. The van der Waals surface area contributed by atoms with Crippen LogP contribution < -0.4 is 5.73 Å². The fraction of sp³-hybridized carbons (Fsp3) is 0.125. The molecular formula is C24H21N3O2. The number of primary amides is 1. The van der Waals surface area contributed by atoms with E-state index in [9.17, 15) is 9.59 Å². The van der Waals surface area contributed by atoms with Gasteiger partial charge in [-0.05, 0) is 29.7 Å². The molecule has 1 aliphatic rings. The Morgan fingerprint density at radius 2 is 1.66 bits per heavy atom. The Morgan fingerprint density at radius 3 is 2.34 bits per heavy atom. The highest BCUT2D eigenvalue weighted by molar-refractivity contribution is 6.46. The first-order chi connectivity index (χ1) is 14.1. The van der Waals surface area contributed by atoms with Crippen LogP contribution in [0.3, 0.4) is 0 Å². The van der Waals surface area contributed by atoms with Crippen molar-refractivity contribution < 1.29 is 9.59 Å². The lowest BCUT2D eigenvalue weighted by molar-refractivity contribution is -0.124. The van der Waals surface area contributed by atoms with Gasteiger partial charge in [0.1, 0.15) is 5.71 Å². The second-order valence-corrected chi connectivity index (χ2v) is 7.00. The number of hydrogen-bond acceptors (Lipinski definition) is 3. The van der Waals surface area contributed by atoms with Gasteiger partial charge in [0.15, 0.2) is 0 Å². The summed E-state index contributed by atoms with van der Waals surface area (Å²) in [6.07, 6.45) is 0.753. The molecule has 0 radical (unpaired) electrons. The Kier molecular flexibility index (Phi) is 5.20. The lowest BCUT2D eigenvalue weighted by Crippen LogP contribution is -2.37. The van der Waals surface area contributed by atoms with Gasteiger partial charge < -0.3 is 10.6 Å². The number of nitrogens with zero attached hydrogens (tertiary/aromatic N) is 2. The van der Waals surface area contributed by atoms with Gasteiger partial charge >= 0.3 is 0 Å². The zero-order valence-electron chi connectivity index (χ0n) is 15.9. The Hall–Kier alpha value is -3.73. The minimum Gasteiger partial charge on any atom is -0.366 e. The maximum atomic E-state index is 13.4. The maximum absolute atomic E-state index is 13.4. The monoisotopic (exact) mass is 383 g/mol. The van der Waals surface area contributed by atoms with Crippen molar-refractivity contribution >= 4 is 23.2 Å². The number of carbonyl (C=O) groups is 2. The van der Waals surface area contributed by atoms with Crippen LogP contribution in [-0.4, -0.2) is 29.0 Å². The van der Waals surface area contributed by atoms with E-state index in [0.717, 1.165) is 17.5 Å². The Labute approximate surface area is 169 Å². The molecule has 0 atom stereocenters. The first-order valence-corrected chi connectivity index (χ1v) is 9.52. The Bertz CT molecular complexity index is 1080. The molecule has 5 nitrogen and oxygen atoms in total. The molecule has 5 heteroatoms. The third kappa shape index (κ3) is 4.09. The molecule has 0 saturated heterocycles. The average molecular weight is 383 g/mol. The largest absolute Gasteiger partial charge is 0.366 e. The highest BCUT2D eigenvalue weighted by atomic mass is 16.2. The number of benzene rings is 3. The molecule has 2 N–H and O–H groups in total. The molecule has 0 saturated carbocycles. The van der Waals surface area contributed by atoms with Crippen molar-refractivity contribution in [1.82, 2.24) is 4.90 Å². The van der Waals surface area contributed by atoms with Crippen LogP contribution in [0.2, 0.25) is 0 Å². The topological polar surface area (TPSA) is 75.8 Å². The molecule has 3 aromatic carbocycles. The molecule has 1 aliphatic heterocycles. The van der Waals surface area contributed by atoms with Crippen molar-refractivity contribution in [2.45, 2.75) is 13.0 Å². The van der Waals surface area contributed by atoms with Gasteiger partial charge in [0.2, 0.25) is 5.91 Å². The molecule has 3 aromatic rings. The van der Waals surface area contributed by atoms with Crippen LogP contribution in [0.25, 0.3) is 0 Å². The molecule has 144 valence electrons. The molecule has 0 bridgehead atoms. The number of hydrogen-bond donors (Lipinski definition) is 1. The number of fused-ring (bicyclic) bond motifs is 1. The third-order valence-corrected chi connectivity index (χ3v) is 5.01. The highest BCUT2D eigenvalue weighted by Crippen LogP contribution is 2.27. The van der Waals surface area contributed by atoms with Crippen LogP contribution in [0, 0.1) is 0 Å². The predicted octanol–water partition coefficient (Wildman–Crippen LogP) is 3.49. The first-order valence-electron chi connectivity index (χ1n) is 9.52. The normalized spacial score (nSPS) is 13.4. The minimum absolute atomic E-state index is 0.121.